The zero-order chi connectivity index (χ0) is 8.32. The fourth-order valence-electron chi connectivity index (χ4n) is 0.634. The van der Waals surface area contributed by atoms with Gasteiger partial charge in [-0.1, -0.05) is 0 Å². The van der Waals surface area contributed by atoms with Crippen molar-refractivity contribution in [1.82, 2.24) is 5.32 Å². The molecule has 1 unspecified atom stereocenters. The third-order valence-electron chi connectivity index (χ3n) is 1.11. The Balaban J connectivity index is 2.51. The molecule has 0 amide bonds. The number of rotatable bonds is 2. The lowest BCUT2D eigenvalue weighted by Crippen LogP contribution is -2.43. The maximum Gasteiger partial charge on any atom is 0.384 e. The van der Waals surface area contributed by atoms with E-state index in [1.54, 1.807) is 6.92 Å². The first-order chi connectivity index (χ1) is 5.19. The highest BCUT2D eigenvalue weighted by atomic mass is 79.9. The van der Waals surface area contributed by atoms with Crippen LogP contribution in [0.4, 0.5) is 0 Å². The van der Waals surface area contributed by atoms with E-state index in [2.05, 4.69) is 21.2 Å². The van der Waals surface area contributed by atoms with Crippen LogP contribution in [0.3, 0.4) is 0 Å². The summed E-state index contributed by atoms with van der Waals surface area (Å²) in [6.07, 6.45) is 2.90. The number of ether oxygens (including phenoxy) is 2. The van der Waals surface area contributed by atoms with Crippen molar-refractivity contribution < 1.29 is 14.3 Å². The lowest BCUT2D eigenvalue weighted by molar-refractivity contribution is -0.155. The SMILES string of the molecule is CCOC(=O)C1(Br)NC=CO1. The molecule has 62 valence electrons. The third kappa shape index (κ3) is 1.65. The Morgan fingerprint density at radius 2 is 2.64 bits per heavy atom. The van der Waals surface area contributed by atoms with Gasteiger partial charge in [0.05, 0.1) is 6.61 Å². The predicted molar refractivity (Wildman–Crippen MR) is 41.7 cm³/mol. The third-order valence-corrected chi connectivity index (χ3v) is 1.85. The standard InChI is InChI=1S/C6H8BrNO3/c1-2-10-5(9)6(7)8-3-4-11-6/h3-4,8H,2H2,1H3. The molecule has 11 heavy (non-hydrogen) atoms. The summed E-state index contributed by atoms with van der Waals surface area (Å²) in [5.74, 6) is -0.481. The Kier molecular flexibility index (Phi) is 2.38. The van der Waals surface area contributed by atoms with E-state index >= 15 is 0 Å². The van der Waals surface area contributed by atoms with Crippen LogP contribution in [0.2, 0.25) is 0 Å². The second-order valence-corrected chi connectivity index (χ2v) is 3.00. The quantitative estimate of drug-likeness (QED) is 0.424. The molecule has 5 heteroatoms. The molecule has 1 atom stereocenters. The van der Waals surface area contributed by atoms with Crippen molar-refractivity contribution in [3.8, 4) is 0 Å². The molecule has 0 aromatic rings. The Labute approximate surface area is 72.7 Å². The topological polar surface area (TPSA) is 47.6 Å². The zero-order valence-electron chi connectivity index (χ0n) is 5.96. The normalized spacial score (nSPS) is 27.5. The molecule has 0 spiro atoms. The lowest BCUT2D eigenvalue weighted by atomic mass is 10.6. The van der Waals surface area contributed by atoms with Gasteiger partial charge in [-0.2, -0.15) is 0 Å². The summed E-state index contributed by atoms with van der Waals surface area (Å²) < 4.78 is 8.42. The number of alkyl halides is 1. The van der Waals surface area contributed by atoms with E-state index in [9.17, 15) is 4.79 Å². The average molecular weight is 222 g/mol. The monoisotopic (exact) mass is 221 g/mol. The van der Waals surface area contributed by atoms with Crippen LogP contribution in [0, 0.1) is 0 Å². The highest BCUT2D eigenvalue weighted by Crippen LogP contribution is 2.22. The molecular formula is C6H8BrNO3. The van der Waals surface area contributed by atoms with Gasteiger partial charge in [0.1, 0.15) is 6.26 Å². The molecular weight excluding hydrogens is 214 g/mol. The number of hydrogen-bond donors (Lipinski definition) is 1. The first kappa shape index (κ1) is 8.39. The molecule has 1 aliphatic rings. The van der Waals surface area contributed by atoms with Crippen molar-refractivity contribution in [3.05, 3.63) is 12.5 Å². The number of nitrogens with one attached hydrogen (secondary N) is 1. The predicted octanol–water partition coefficient (Wildman–Crippen LogP) is 0.689. The Morgan fingerprint density at radius 3 is 3.09 bits per heavy atom. The van der Waals surface area contributed by atoms with Crippen LogP contribution in [0.25, 0.3) is 0 Å². The molecule has 0 saturated carbocycles. The van der Waals surface area contributed by atoms with Crippen LogP contribution < -0.4 is 5.32 Å². The lowest BCUT2D eigenvalue weighted by Gasteiger charge is -2.18. The molecule has 1 heterocycles. The van der Waals surface area contributed by atoms with Gasteiger partial charge in [0.15, 0.2) is 0 Å². The van der Waals surface area contributed by atoms with Gasteiger partial charge in [-0.3, -0.25) is 0 Å². The minimum atomic E-state index is -1.21. The van der Waals surface area contributed by atoms with E-state index in [0.717, 1.165) is 0 Å². The largest absolute Gasteiger partial charge is 0.461 e. The highest BCUT2D eigenvalue weighted by Gasteiger charge is 2.40. The van der Waals surface area contributed by atoms with Crippen LogP contribution in [0.5, 0.6) is 0 Å². The second kappa shape index (κ2) is 3.13. The zero-order valence-corrected chi connectivity index (χ0v) is 7.55. The molecule has 0 bridgehead atoms. The first-order valence-electron chi connectivity index (χ1n) is 3.15. The minimum absolute atomic E-state index is 0.331. The van der Waals surface area contributed by atoms with E-state index < -0.39 is 10.6 Å². The molecule has 0 radical (unpaired) electrons. The van der Waals surface area contributed by atoms with Crippen molar-refractivity contribution in [1.29, 1.82) is 0 Å². The molecule has 1 aliphatic heterocycles. The molecule has 0 fully saturated rings. The van der Waals surface area contributed by atoms with Gasteiger partial charge in [-0.25, -0.2) is 4.79 Å². The number of halogens is 1. The van der Waals surface area contributed by atoms with Gasteiger partial charge < -0.3 is 14.8 Å². The van der Waals surface area contributed by atoms with E-state index in [-0.39, 0.29) is 0 Å². The van der Waals surface area contributed by atoms with Gasteiger partial charge in [0.25, 0.3) is 0 Å². The van der Waals surface area contributed by atoms with Gasteiger partial charge in [0, 0.05) is 6.20 Å². The summed E-state index contributed by atoms with van der Waals surface area (Å²) in [7, 11) is 0. The maximum atomic E-state index is 11.1. The van der Waals surface area contributed by atoms with Crippen molar-refractivity contribution in [2.24, 2.45) is 0 Å². The van der Waals surface area contributed by atoms with Crippen molar-refractivity contribution in [2.75, 3.05) is 6.61 Å². The number of esters is 1. The van der Waals surface area contributed by atoms with Crippen LogP contribution in [-0.2, 0) is 14.3 Å². The summed E-state index contributed by atoms with van der Waals surface area (Å²) in [6.45, 7) is 2.06. The Hall–Kier alpha value is -0.710. The van der Waals surface area contributed by atoms with E-state index in [1.807, 2.05) is 0 Å². The molecule has 0 aliphatic carbocycles. The summed E-state index contributed by atoms with van der Waals surface area (Å²) >= 11 is 3.04. The van der Waals surface area contributed by atoms with Crippen molar-refractivity contribution >= 4 is 21.9 Å². The van der Waals surface area contributed by atoms with Crippen molar-refractivity contribution in [2.45, 2.75) is 11.6 Å². The van der Waals surface area contributed by atoms with Crippen LogP contribution in [0.15, 0.2) is 12.5 Å². The molecule has 0 aromatic heterocycles. The van der Waals surface area contributed by atoms with Gasteiger partial charge in [0.2, 0.25) is 0 Å². The molecule has 1 N–H and O–H groups in total. The highest BCUT2D eigenvalue weighted by molar-refractivity contribution is 9.10. The van der Waals surface area contributed by atoms with E-state index in [4.69, 9.17) is 9.47 Å². The van der Waals surface area contributed by atoms with Gasteiger partial charge in [-0.15, -0.1) is 0 Å². The van der Waals surface area contributed by atoms with Gasteiger partial charge in [-0.05, 0) is 22.9 Å². The second-order valence-electron chi connectivity index (χ2n) is 1.88. The molecule has 0 saturated heterocycles. The first-order valence-corrected chi connectivity index (χ1v) is 3.95. The molecule has 0 aromatic carbocycles. The number of hydrogen-bond acceptors (Lipinski definition) is 4. The van der Waals surface area contributed by atoms with E-state index in [1.165, 1.54) is 12.5 Å². The Bertz CT molecular complexity index is 184. The fourth-order valence-corrected chi connectivity index (χ4v) is 0.989. The van der Waals surface area contributed by atoms with Gasteiger partial charge >= 0.3 is 10.6 Å². The van der Waals surface area contributed by atoms with Crippen molar-refractivity contribution in [3.63, 3.8) is 0 Å². The molecule has 1 rings (SSSR count). The summed E-state index contributed by atoms with van der Waals surface area (Å²) in [5, 5.41) is 2.66. The summed E-state index contributed by atoms with van der Waals surface area (Å²) in [5.41, 5.74) is 0. The van der Waals surface area contributed by atoms with Crippen LogP contribution in [0.1, 0.15) is 6.92 Å². The Morgan fingerprint density at radius 1 is 1.91 bits per heavy atom. The summed E-state index contributed by atoms with van der Waals surface area (Å²) in [6, 6.07) is 0. The summed E-state index contributed by atoms with van der Waals surface area (Å²) in [4.78, 5) is 11.1. The smallest absolute Gasteiger partial charge is 0.384 e. The molecule has 4 nitrogen and oxygen atoms in total. The van der Waals surface area contributed by atoms with E-state index in [0.29, 0.717) is 6.61 Å². The number of carbonyl (C=O) groups excluding carboxylic acids is 1. The average Bonchev–Trinajstić information content (AvgIpc) is 2.38. The van der Waals surface area contributed by atoms with Crippen LogP contribution >= 0.6 is 15.9 Å². The maximum absolute atomic E-state index is 11.1. The fraction of sp³-hybridized carbons (Fsp3) is 0.500. The van der Waals surface area contributed by atoms with Crippen LogP contribution in [-0.4, -0.2) is 17.2 Å². The minimum Gasteiger partial charge on any atom is -0.461 e. The number of carbonyl (C=O) groups is 1.